The molecule has 0 unspecified atom stereocenters. The molecule has 0 saturated heterocycles. The lowest BCUT2D eigenvalue weighted by molar-refractivity contribution is 0.232. The van der Waals surface area contributed by atoms with Crippen LogP contribution in [0, 0.1) is 6.92 Å². The minimum atomic E-state index is 0.696. The van der Waals surface area contributed by atoms with Gasteiger partial charge in [-0.05, 0) is 25.6 Å². The van der Waals surface area contributed by atoms with Crippen molar-refractivity contribution < 1.29 is 4.74 Å². The number of benzene rings is 1. The van der Waals surface area contributed by atoms with Gasteiger partial charge in [0, 0.05) is 31.9 Å². The molecule has 0 N–H and O–H groups in total. The van der Waals surface area contributed by atoms with Crippen molar-refractivity contribution in [2.45, 2.75) is 13.5 Å². The second-order valence-electron chi connectivity index (χ2n) is 4.87. The number of likely N-dealkylation sites (N-methyl/N-ethyl adjacent to an activating group) is 1. The number of hydrogen-bond donors (Lipinski definition) is 0. The normalized spacial score (nSPS) is 10.9. The number of aryl methyl sites for hydroxylation is 2. The van der Waals surface area contributed by atoms with E-state index in [9.17, 15) is 0 Å². The average molecular weight is 259 g/mol. The predicted octanol–water partition coefficient (Wildman–Crippen LogP) is 2.24. The predicted molar refractivity (Wildman–Crippen MR) is 76.2 cm³/mol. The molecule has 0 spiro atoms. The van der Waals surface area contributed by atoms with Gasteiger partial charge in [0.1, 0.15) is 12.4 Å². The van der Waals surface area contributed by atoms with E-state index in [0.717, 1.165) is 18.8 Å². The summed E-state index contributed by atoms with van der Waals surface area (Å²) in [6.45, 7) is 4.55. The molecule has 1 aromatic heterocycles. The Bertz CT molecular complexity index is 522. The second-order valence-corrected chi connectivity index (χ2v) is 4.87. The van der Waals surface area contributed by atoms with E-state index in [-0.39, 0.29) is 0 Å². The Labute approximate surface area is 114 Å². The van der Waals surface area contributed by atoms with Crippen LogP contribution in [0.2, 0.25) is 0 Å². The van der Waals surface area contributed by atoms with Crippen LogP contribution in [0.25, 0.3) is 0 Å². The number of para-hydroxylation sites is 1. The lowest BCUT2D eigenvalue weighted by atomic mass is 10.2. The number of nitrogens with zero attached hydrogens (tertiary/aromatic N) is 3. The highest BCUT2D eigenvalue weighted by atomic mass is 16.5. The summed E-state index contributed by atoms with van der Waals surface area (Å²) in [5.41, 5.74) is 2.40. The first-order chi connectivity index (χ1) is 9.15. The highest BCUT2D eigenvalue weighted by Crippen LogP contribution is 2.15. The van der Waals surface area contributed by atoms with Crippen LogP contribution < -0.4 is 4.74 Å². The third-order valence-electron chi connectivity index (χ3n) is 3.04. The summed E-state index contributed by atoms with van der Waals surface area (Å²) in [7, 11) is 4.03. The largest absolute Gasteiger partial charge is 0.492 e. The third kappa shape index (κ3) is 4.10. The van der Waals surface area contributed by atoms with Gasteiger partial charge in [-0.3, -0.25) is 9.58 Å². The number of ether oxygens (including phenoxy) is 1. The molecule has 1 heterocycles. The fraction of sp³-hybridized carbons (Fsp3) is 0.400. The van der Waals surface area contributed by atoms with Crippen LogP contribution in [0.3, 0.4) is 0 Å². The van der Waals surface area contributed by atoms with Gasteiger partial charge in [0.05, 0.1) is 6.20 Å². The summed E-state index contributed by atoms with van der Waals surface area (Å²) < 4.78 is 7.61. The van der Waals surface area contributed by atoms with E-state index in [1.807, 2.05) is 42.3 Å². The van der Waals surface area contributed by atoms with E-state index < -0.39 is 0 Å². The molecule has 0 aliphatic carbocycles. The minimum absolute atomic E-state index is 0.696. The van der Waals surface area contributed by atoms with E-state index in [1.54, 1.807) is 0 Å². The lowest BCUT2D eigenvalue weighted by Crippen LogP contribution is -2.23. The zero-order valence-corrected chi connectivity index (χ0v) is 11.8. The first-order valence-electron chi connectivity index (χ1n) is 6.49. The Morgan fingerprint density at radius 3 is 2.79 bits per heavy atom. The van der Waals surface area contributed by atoms with Crippen LogP contribution in [0.5, 0.6) is 5.75 Å². The molecule has 0 saturated carbocycles. The SMILES string of the molecule is Cc1ccccc1OCCN(C)Cc1cnn(C)c1. The van der Waals surface area contributed by atoms with E-state index >= 15 is 0 Å². The van der Waals surface area contributed by atoms with Gasteiger partial charge in [-0.15, -0.1) is 0 Å². The van der Waals surface area contributed by atoms with Gasteiger partial charge in [0.15, 0.2) is 0 Å². The molecular weight excluding hydrogens is 238 g/mol. The molecule has 0 bridgehead atoms. The molecule has 19 heavy (non-hydrogen) atoms. The maximum absolute atomic E-state index is 5.79. The van der Waals surface area contributed by atoms with Crippen molar-refractivity contribution in [3.8, 4) is 5.75 Å². The quantitative estimate of drug-likeness (QED) is 0.797. The van der Waals surface area contributed by atoms with Gasteiger partial charge >= 0.3 is 0 Å². The van der Waals surface area contributed by atoms with Crippen molar-refractivity contribution in [1.82, 2.24) is 14.7 Å². The van der Waals surface area contributed by atoms with Crippen molar-refractivity contribution in [2.75, 3.05) is 20.2 Å². The van der Waals surface area contributed by atoms with Gasteiger partial charge < -0.3 is 4.74 Å². The Hall–Kier alpha value is -1.81. The van der Waals surface area contributed by atoms with Gasteiger partial charge in [0.2, 0.25) is 0 Å². The average Bonchev–Trinajstić information content (AvgIpc) is 2.77. The topological polar surface area (TPSA) is 30.3 Å². The fourth-order valence-corrected chi connectivity index (χ4v) is 1.97. The van der Waals surface area contributed by atoms with Crippen LogP contribution in [0.1, 0.15) is 11.1 Å². The zero-order valence-electron chi connectivity index (χ0n) is 11.8. The van der Waals surface area contributed by atoms with Gasteiger partial charge in [-0.1, -0.05) is 18.2 Å². The summed E-state index contributed by atoms with van der Waals surface area (Å²) in [6.07, 6.45) is 3.94. The molecule has 4 nitrogen and oxygen atoms in total. The number of hydrogen-bond acceptors (Lipinski definition) is 3. The maximum atomic E-state index is 5.79. The van der Waals surface area contributed by atoms with Crippen molar-refractivity contribution in [2.24, 2.45) is 7.05 Å². The maximum Gasteiger partial charge on any atom is 0.122 e. The van der Waals surface area contributed by atoms with E-state index in [2.05, 4.69) is 30.0 Å². The molecule has 2 rings (SSSR count). The van der Waals surface area contributed by atoms with Crippen molar-refractivity contribution in [3.63, 3.8) is 0 Å². The van der Waals surface area contributed by atoms with Crippen molar-refractivity contribution in [1.29, 1.82) is 0 Å². The lowest BCUT2D eigenvalue weighted by Gasteiger charge is -2.16. The first-order valence-corrected chi connectivity index (χ1v) is 6.49. The van der Waals surface area contributed by atoms with Crippen LogP contribution in [0.4, 0.5) is 0 Å². The van der Waals surface area contributed by atoms with Crippen molar-refractivity contribution in [3.05, 3.63) is 47.8 Å². The van der Waals surface area contributed by atoms with Crippen LogP contribution in [-0.4, -0.2) is 34.9 Å². The Morgan fingerprint density at radius 2 is 2.11 bits per heavy atom. The molecule has 1 aromatic carbocycles. The van der Waals surface area contributed by atoms with E-state index in [1.165, 1.54) is 11.1 Å². The Morgan fingerprint density at radius 1 is 1.32 bits per heavy atom. The summed E-state index contributed by atoms with van der Waals surface area (Å²) in [6, 6.07) is 8.10. The summed E-state index contributed by atoms with van der Waals surface area (Å²) in [5, 5.41) is 4.17. The third-order valence-corrected chi connectivity index (χ3v) is 3.04. The van der Waals surface area contributed by atoms with Crippen LogP contribution in [0.15, 0.2) is 36.7 Å². The van der Waals surface area contributed by atoms with E-state index in [0.29, 0.717) is 6.61 Å². The van der Waals surface area contributed by atoms with Crippen LogP contribution in [-0.2, 0) is 13.6 Å². The highest BCUT2D eigenvalue weighted by Gasteiger charge is 2.03. The number of aromatic nitrogens is 2. The molecule has 0 atom stereocenters. The number of rotatable bonds is 6. The smallest absolute Gasteiger partial charge is 0.122 e. The van der Waals surface area contributed by atoms with Crippen molar-refractivity contribution >= 4 is 0 Å². The summed E-state index contributed by atoms with van der Waals surface area (Å²) in [5.74, 6) is 0.970. The fourth-order valence-electron chi connectivity index (χ4n) is 1.97. The molecule has 0 aliphatic rings. The standard InChI is InChI=1S/C15H21N3O/c1-13-6-4-5-7-15(13)19-9-8-17(2)11-14-10-16-18(3)12-14/h4-7,10,12H,8-9,11H2,1-3H3. The molecule has 2 aromatic rings. The molecule has 4 heteroatoms. The Balaban J connectivity index is 1.75. The Kier molecular flexibility index (Phi) is 4.58. The molecule has 0 amide bonds. The van der Waals surface area contributed by atoms with Gasteiger partial charge in [-0.2, -0.15) is 5.10 Å². The van der Waals surface area contributed by atoms with Crippen LogP contribution >= 0.6 is 0 Å². The van der Waals surface area contributed by atoms with Gasteiger partial charge in [0.25, 0.3) is 0 Å². The highest BCUT2D eigenvalue weighted by molar-refractivity contribution is 5.31. The molecule has 0 radical (unpaired) electrons. The molecule has 102 valence electrons. The summed E-state index contributed by atoms with van der Waals surface area (Å²) >= 11 is 0. The second kappa shape index (κ2) is 6.38. The minimum Gasteiger partial charge on any atom is -0.492 e. The molecule has 0 aliphatic heterocycles. The van der Waals surface area contributed by atoms with E-state index in [4.69, 9.17) is 4.74 Å². The first kappa shape index (κ1) is 13.6. The monoisotopic (exact) mass is 259 g/mol. The summed E-state index contributed by atoms with van der Waals surface area (Å²) in [4.78, 5) is 2.23. The van der Waals surface area contributed by atoms with Gasteiger partial charge in [-0.25, -0.2) is 0 Å². The molecular formula is C15H21N3O. The zero-order chi connectivity index (χ0) is 13.7. The molecule has 0 fully saturated rings.